The third-order valence-electron chi connectivity index (χ3n) is 4.20. The van der Waals surface area contributed by atoms with Crippen LogP contribution in [0.1, 0.15) is 18.1 Å². The molecular formula is C18H17BrN2O3. The van der Waals surface area contributed by atoms with Crippen molar-refractivity contribution in [2.45, 2.75) is 19.0 Å². The van der Waals surface area contributed by atoms with Crippen molar-refractivity contribution in [3.8, 4) is 5.75 Å². The van der Waals surface area contributed by atoms with Crippen molar-refractivity contribution in [3.05, 3.63) is 64.1 Å². The summed E-state index contributed by atoms with van der Waals surface area (Å²) < 4.78 is 6.09. The lowest BCUT2D eigenvalue weighted by Crippen LogP contribution is -2.40. The van der Waals surface area contributed by atoms with E-state index in [4.69, 9.17) is 4.74 Å². The van der Waals surface area contributed by atoms with Gasteiger partial charge in [-0.25, -0.2) is 4.79 Å². The lowest BCUT2D eigenvalue weighted by Gasteiger charge is -2.22. The molecule has 1 aliphatic heterocycles. The number of carbonyl (C=O) groups is 2. The zero-order valence-electron chi connectivity index (χ0n) is 13.4. The molecule has 1 unspecified atom stereocenters. The molecule has 3 amide bonds. The van der Waals surface area contributed by atoms with Gasteiger partial charge in [0.2, 0.25) is 0 Å². The van der Waals surface area contributed by atoms with Crippen LogP contribution in [0.5, 0.6) is 5.75 Å². The van der Waals surface area contributed by atoms with Gasteiger partial charge in [-0.05, 0) is 42.3 Å². The molecule has 5 nitrogen and oxygen atoms in total. The molecule has 0 aromatic heterocycles. The lowest BCUT2D eigenvalue weighted by atomic mass is 9.92. The van der Waals surface area contributed by atoms with Gasteiger partial charge >= 0.3 is 6.03 Å². The van der Waals surface area contributed by atoms with E-state index in [1.807, 2.05) is 24.3 Å². The molecule has 3 rings (SSSR count). The second kappa shape index (κ2) is 6.28. The number of rotatable bonds is 4. The topological polar surface area (TPSA) is 58.6 Å². The van der Waals surface area contributed by atoms with Crippen LogP contribution in [0.25, 0.3) is 0 Å². The largest absolute Gasteiger partial charge is 0.497 e. The van der Waals surface area contributed by atoms with Crippen molar-refractivity contribution in [3.63, 3.8) is 0 Å². The summed E-state index contributed by atoms with van der Waals surface area (Å²) in [5, 5.41) is 2.80. The highest BCUT2D eigenvalue weighted by Crippen LogP contribution is 2.31. The van der Waals surface area contributed by atoms with Crippen LogP contribution < -0.4 is 10.1 Å². The number of halogens is 1. The maximum Gasteiger partial charge on any atom is 0.325 e. The highest BCUT2D eigenvalue weighted by Gasteiger charge is 2.48. The fraction of sp³-hybridized carbons (Fsp3) is 0.222. The SMILES string of the molecule is COc1ccc(C2(C)NC(=O)N(Cc3ccc(Br)cc3)C2=O)cc1. The first-order chi connectivity index (χ1) is 11.4. The smallest absolute Gasteiger partial charge is 0.325 e. The zero-order chi connectivity index (χ0) is 17.3. The number of carbonyl (C=O) groups excluding carboxylic acids is 2. The van der Waals surface area contributed by atoms with Crippen LogP contribution >= 0.6 is 15.9 Å². The van der Waals surface area contributed by atoms with E-state index in [9.17, 15) is 9.59 Å². The molecule has 1 fully saturated rings. The number of benzene rings is 2. The molecule has 1 heterocycles. The molecule has 2 aromatic carbocycles. The predicted molar refractivity (Wildman–Crippen MR) is 93.6 cm³/mol. The molecule has 1 aliphatic rings. The fourth-order valence-electron chi connectivity index (χ4n) is 2.73. The number of ether oxygens (including phenoxy) is 1. The molecule has 1 atom stereocenters. The highest BCUT2D eigenvalue weighted by atomic mass is 79.9. The van der Waals surface area contributed by atoms with Gasteiger partial charge < -0.3 is 10.1 Å². The molecule has 0 radical (unpaired) electrons. The molecule has 2 aromatic rings. The number of imide groups is 1. The Morgan fingerprint density at radius 1 is 1.08 bits per heavy atom. The Hall–Kier alpha value is -2.34. The predicted octanol–water partition coefficient (Wildman–Crippen LogP) is 3.42. The number of hydrogen-bond acceptors (Lipinski definition) is 3. The van der Waals surface area contributed by atoms with Gasteiger partial charge in [-0.2, -0.15) is 0 Å². The van der Waals surface area contributed by atoms with E-state index in [-0.39, 0.29) is 18.5 Å². The summed E-state index contributed by atoms with van der Waals surface area (Å²) in [6, 6.07) is 14.3. The summed E-state index contributed by atoms with van der Waals surface area (Å²) in [7, 11) is 1.58. The monoisotopic (exact) mass is 388 g/mol. The summed E-state index contributed by atoms with van der Waals surface area (Å²) in [5.74, 6) is 0.437. The van der Waals surface area contributed by atoms with E-state index >= 15 is 0 Å². The summed E-state index contributed by atoms with van der Waals surface area (Å²) in [6.45, 7) is 1.96. The Balaban J connectivity index is 1.85. The molecule has 0 saturated carbocycles. The van der Waals surface area contributed by atoms with E-state index < -0.39 is 5.54 Å². The van der Waals surface area contributed by atoms with Crippen LogP contribution in [-0.4, -0.2) is 23.9 Å². The maximum absolute atomic E-state index is 12.9. The molecule has 1 saturated heterocycles. The van der Waals surface area contributed by atoms with Gasteiger partial charge in [-0.3, -0.25) is 9.69 Å². The Kier molecular flexibility index (Phi) is 4.32. The van der Waals surface area contributed by atoms with E-state index in [1.54, 1.807) is 38.3 Å². The van der Waals surface area contributed by atoms with E-state index in [0.717, 1.165) is 15.6 Å². The minimum Gasteiger partial charge on any atom is -0.497 e. The van der Waals surface area contributed by atoms with Gasteiger partial charge in [0, 0.05) is 4.47 Å². The molecular weight excluding hydrogens is 372 g/mol. The van der Waals surface area contributed by atoms with Crippen LogP contribution in [-0.2, 0) is 16.9 Å². The van der Waals surface area contributed by atoms with Crippen molar-refractivity contribution >= 4 is 27.9 Å². The fourth-order valence-corrected chi connectivity index (χ4v) is 3.00. The summed E-state index contributed by atoms with van der Waals surface area (Å²) in [5.41, 5.74) is 0.541. The molecule has 0 spiro atoms. The van der Waals surface area contributed by atoms with Crippen molar-refractivity contribution in [2.24, 2.45) is 0 Å². The normalized spacial score (nSPS) is 20.2. The zero-order valence-corrected chi connectivity index (χ0v) is 15.0. The van der Waals surface area contributed by atoms with Gasteiger partial charge in [0.1, 0.15) is 11.3 Å². The quantitative estimate of drug-likeness (QED) is 0.816. The third-order valence-corrected chi connectivity index (χ3v) is 4.72. The van der Waals surface area contributed by atoms with Crippen molar-refractivity contribution in [1.82, 2.24) is 10.2 Å². The maximum atomic E-state index is 12.9. The van der Waals surface area contributed by atoms with Crippen LogP contribution in [0.4, 0.5) is 4.79 Å². The standard InChI is InChI=1S/C18H17BrN2O3/c1-18(13-5-9-15(24-2)10-6-13)16(22)21(17(23)20-18)11-12-3-7-14(19)8-4-12/h3-10H,11H2,1-2H3,(H,20,23). The van der Waals surface area contributed by atoms with Crippen molar-refractivity contribution in [1.29, 1.82) is 0 Å². The Morgan fingerprint density at radius 3 is 2.29 bits per heavy atom. The van der Waals surface area contributed by atoms with Crippen LogP contribution in [0, 0.1) is 0 Å². The molecule has 24 heavy (non-hydrogen) atoms. The number of amides is 3. The second-order valence-electron chi connectivity index (χ2n) is 5.80. The van der Waals surface area contributed by atoms with Crippen LogP contribution in [0.3, 0.4) is 0 Å². The summed E-state index contributed by atoms with van der Waals surface area (Å²) in [6.07, 6.45) is 0. The van der Waals surface area contributed by atoms with E-state index in [0.29, 0.717) is 5.75 Å². The molecule has 0 aliphatic carbocycles. The average Bonchev–Trinajstić information content (AvgIpc) is 2.81. The first-order valence-corrected chi connectivity index (χ1v) is 8.26. The van der Waals surface area contributed by atoms with Crippen LogP contribution in [0.15, 0.2) is 53.0 Å². The molecule has 124 valence electrons. The third kappa shape index (κ3) is 2.89. The molecule has 6 heteroatoms. The Morgan fingerprint density at radius 2 is 1.71 bits per heavy atom. The first-order valence-electron chi connectivity index (χ1n) is 7.47. The van der Waals surface area contributed by atoms with Crippen molar-refractivity contribution in [2.75, 3.05) is 7.11 Å². The van der Waals surface area contributed by atoms with Gasteiger partial charge in [-0.1, -0.05) is 40.2 Å². The minimum atomic E-state index is -1.07. The summed E-state index contributed by atoms with van der Waals surface area (Å²) in [4.78, 5) is 26.4. The first kappa shape index (κ1) is 16.5. The second-order valence-corrected chi connectivity index (χ2v) is 6.72. The van der Waals surface area contributed by atoms with Gasteiger partial charge in [-0.15, -0.1) is 0 Å². The van der Waals surface area contributed by atoms with Gasteiger partial charge in [0.25, 0.3) is 5.91 Å². The Labute approximate surface area is 148 Å². The van der Waals surface area contributed by atoms with E-state index in [2.05, 4.69) is 21.2 Å². The number of urea groups is 1. The number of nitrogens with one attached hydrogen (secondary N) is 1. The van der Waals surface area contributed by atoms with Gasteiger partial charge in [0.05, 0.1) is 13.7 Å². The number of nitrogens with zero attached hydrogens (tertiary/aromatic N) is 1. The number of methoxy groups -OCH3 is 1. The van der Waals surface area contributed by atoms with Crippen molar-refractivity contribution < 1.29 is 14.3 Å². The molecule has 1 N–H and O–H groups in total. The average molecular weight is 389 g/mol. The number of hydrogen-bond donors (Lipinski definition) is 1. The highest BCUT2D eigenvalue weighted by molar-refractivity contribution is 9.10. The van der Waals surface area contributed by atoms with Crippen LogP contribution in [0.2, 0.25) is 0 Å². The summed E-state index contributed by atoms with van der Waals surface area (Å²) >= 11 is 3.37. The molecule has 0 bridgehead atoms. The van der Waals surface area contributed by atoms with E-state index in [1.165, 1.54) is 4.90 Å². The minimum absolute atomic E-state index is 0.240. The van der Waals surface area contributed by atoms with Gasteiger partial charge in [0.15, 0.2) is 0 Å². The lowest BCUT2D eigenvalue weighted by molar-refractivity contribution is -0.131. The Bertz CT molecular complexity index is 774.